The number of benzene rings is 1. The van der Waals surface area contributed by atoms with Gasteiger partial charge in [-0.05, 0) is 27.1 Å². The first kappa shape index (κ1) is 13.0. The molecule has 90 valence electrons. The van der Waals surface area contributed by atoms with Crippen molar-refractivity contribution in [2.45, 2.75) is 13.0 Å². The van der Waals surface area contributed by atoms with Crippen LogP contribution in [0.4, 0.5) is 0 Å². The maximum atomic E-state index is 5.76. The highest BCUT2D eigenvalue weighted by Crippen LogP contribution is 2.27. The smallest absolute Gasteiger partial charge is 0.124 e. The van der Waals surface area contributed by atoms with Crippen LogP contribution in [0.3, 0.4) is 0 Å². The molecule has 3 nitrogen and oxygen atoms in total. The molecular formula is C13H21NO2. The van der Waals surface area contributed by atoms with Crippen LogP contribution >= 0.6 is 0 Å². The number of methoxy groups -OCH3 is 1. The van der Waals surface area contributed by atoms with Crippen molar-refractivity contribution in [1.29, 1.82) is 0 Å². The maximum absolute atomic E-state index is 5.76. The monoisotopic (exact) mass is 223 g/mol. The van der Waals surface area contributed by atoms with E-state index in [0.29, 0.717) is 6.61 Å². The van der Waals surface area contributed by atoms with E-state index in [9.17, 15) is 0 Å². The van der Waals surface area contributed by atoms with E-state index >= 15 is 0 Å². The standard InChI is InChI=1S/C13H21NO2/c1-5-16-13(10-14(2)3)11-8-6-7-9-12(11)15-4/h6-9,13H,5,10H2,1-4H3/t13-/m1/s1. The molecule has 0 aliphatic carbocycles. The molecule has 0 bridgehead atoms. The third-order valence-electron chi connectivity index (χ3n) is 2.38. The molecule has 0 N–H and O–H groups in total. The van der Waals surface area contributed by atoms with Crippen molar-refractivity contribution in [3.8, 4) is 5.75 Å². The van der Waals surface area contributed by atoms with Gasteiger partial charge in [0.1, 0.15) is 5.75 Å². The van der Waals surface area contributed by atoms with Gasteiger partial charge in [-0.1, -0.05) is 18.2 Å². The van der Waals surface area contributed by atoms with Crippen molar-refractivity contribution in [3.05, 3.63) is 29.8 Å². The molecule has 1 rings (SSSR count). The molecule has 1 atom stereocenters. The molecule has 0 saturated carbocycles. The minimum atomic E-state index is 0.0659. The molecule has 0 fully saturated rings. The molecule has 0 aliphatic rings. The second-order valence-electron chi connectivity index (χ2n) is 3.95. The topological polar surface area (TPSA) is 21.7 Å². The Morgan fingerprint density at radius 1 is 1.25 bits per heavy atom. The number of hydrogen-bond donors (Lipinski definition) is 0. The Kier molecular flexibility index (Phi) is 5.29. The van der Waals surface area contributed by atoms with Gasteiger partial charge < -0.3 is 14.4 Å². The summed E-state index contributed by atoms with van der Waals surface area (Å²) in [5, 5.41) is 0. The predicted octanol–water partition coefficient (Wildman–Crippen LogP) is 2.33. The minimum Gasteiger partial charge on any atom is -0.496 e. The normalized spacial score (nSPS) is 12.8. The SMILES string of the molecule is CCO[C@H](CN(C)C)c1ccccc1OC. The van der Waals surface area contributed by atoms with E-state index < -0.39 is 0 Å². The maximum Gasteiger partial charge on any atom is 0.124 e. The third kappa shape index (κ3) is 3.51. The number of likely N-dealkylation sites (N-methyl/N-ethyl adjacent to an activating group) is 1. The zero-order valence-corrected chi connectivity index (χ0v) is 10.6. The first-order valence-electron chi connectivity index (χ1n) is 5.58. The summed E-state index contributed by atoms with van der Waals surface area (Å²) in [5.74, 6) is 0.891. The minimum absolute atomic E-state index is 0.0659. The van der Waals surface area contributed by atoms with Gasteiger partial charge in [-0.3, -0.25) is 0 Å². The highest BCUT2D eigenvalue weighted by atomic mass is 16.5. The molecule has 0 amide bonds. The Morgan fingerprint density at radius 3 is 2.50 bits per heavy atom. The van der Waals surface area contributed by atoms with E-state index in [1.54, 1.807) is 7.11 Å². The first-order chi connectivity index (χ1) is 7.69. The van der Waals surface area contributed by atoms with Gasteiger partial charge >= 0.3 is 0 Å². The van der Waals surface area contributed by atoms with Crippen molar-refractivity contribution in [2.24, 2.45) is 0 Å². The van der Waals surface area contributed by atoms with Crippen LogP contribution in [0.25, 0.3) is 0 Å². The van der Waals surface area contributed by atoms with E-state index in [-0.39, 0.29) is 6.10 Å². The quantitative estimate of drug-likeness (QED) is 0.739. The zero-order chi connectivity index (χ0) is 12.0. The number of rotatable bonds is 6. The summed E-state index contributed by atoms with van der Waals surface area (Å²) in [6, 6.07) is 8.01. The summed E-state index contributed by atoms with van der Waals surface area (Å²) >= 11 is 0. The van der Waals surface area contributed by atoms with Crippen molar-refractivity contribution < 1.29 is 9.47 Å². The van der Waals surface area contributed by atoms with Crippen LogP contribution in [0, 0.1) is 0 Å². The second kappa shape index (κ2) is 6.51. The van der Waals surface area contributed by atoms with Crippen LogP contribution in [0.15, 0.2) is 24.3 Å². The fourth-order valence-corrected chi connectivity index (χ4v) is 1.71. The molecule has 0 unspecified atom stereocenters. The Bertz CT molecular complexity index is 313. The van der Waals surface area contributed by atoms with Crippen molar-refractivity contribution in [3.63, 3.8) is 0 Å². The lowest BCUT2D eigenvalue weighted by Crippen LogP contribution is -2.22. The summed E-state index contributed by atoms with van der Waals surface area (Å²) in [4.78, 5) is 2.12. The van der Waals surface area contributed by atoms with Crippen LogP contribution < -0.4 is 4.74 Å². The summed E-state index contributed by atoms with van der Waals surface area (Å²) in [7, 11) is 5.78. The lowest BCUT2D eigenvalue weighted by atomic mass is 10.1. The van der Waals surface area contributed by atoms with Crippen molar-refractivity contribution in [1.82, 2.24) is 4.90 Å². The Hall–Kier alpha value is -1.06. The van der Waals surface area contributed by atoms with Gasteiger partial charge in [0.2, 0.25) is 0 Å². The fourth-order valence-electron chi connectivity index (χ4n) is 1.71. The molecular weight excluding hydrogens is 202 g/mol. The van der Waals surface area contributed by atoms with Gasteiger partial charge in [-0.25, -0.2) is 0 Å². The molecule has 0 saturated heterocycles. The molecule has 1 aromatic carbocycles. The van der Waals surface area contributed by atoms with Gasteiger partial charge in [0, 0.05) is 18.7 Å². The van der Waals surface area contributed by atoms with Gasteiger partial charge in [-0.15, -0.1) is 0 Å². The third-order valence-corrected chi connectivity index (χ3v) is 2.38. The summed E-state index contributed by atoms with van der Waals surface area (Å²) in [6.45, 7) is 3.57. The fraction of sp³-hybridized carbons (Fsp3) is 0.538. The summed E-state index contributed by atoms with van der Waals surface area (Å²) in [5.41, 5.74) is 1.11. The van der Waals surface area contributed by atoms with Gasteiger partial charge in [0.05, 0.1) is 13.2 Å². The largest absolute Gasteiger partial charge is 0.496 e. The van der Waals surface area contributed by atoms with Gasteiger partial charge in [0.25, 0.3) is 0 Å². The molecule has 0 aliphatic heterocycles. The van der Waals surface area contributed by atoms with E-state index in [0.717, 1.165) is 17.9 Å². The Labute approximate surface area is 98.0 Å². The number of hydrogen-bond acceptors (Lipinski definition) is 3. The van der Waals surface area contributed by atoms with Crippen LogP contribution in [-0.2, 0) is 4.74 Å². The highest BCUT2D eigenvalue weighted by Gasteiger charge is 2.16. The lowest BCUT2D eigenvalue weighted by molar-refractivity contribution is 0.0418. The zero-order valence-electron chi connectivity index (χ0n) is 10.6. The number of ether oxygens (including phenoxy) is 2. The average Bonchev–Trinajstić information content (AvgIpc) is 2.28. The molecule has 0 aromatic heterocycles. The highest BCUT2D eigenvalue weighted by molar-refractivity contribution is 5.35. The second-order valence-corrected chi connectivity index (χ2v) is 3.95. The van der Waals surface area contributed by atoms with E-state index in [1.807, 2.05) is 39.2 Å². The number of para-hydroxylation sites is 1. The summed E-state index contributed by atoms with van der Waals surface area (Å²) < 4.78 is 11.1. The lowest BCUT2D eigenvalue weighted by Gasteiger charge is -2.23. The Morgan fingerprint density at radius 2 is 1.94 bits per heavy atom. The molecule has 0 heterocycles. The molecule has 0 radical (unpaired) electrons. The van der Waals surface area contributed by atoms with Crippen LogP contribution in [0.5, 0.6) is 5.75 Å². The van der Waals surface area contributed by atoms with E-state index in [1.165, 1.54) is 0 Å². The van der Waals surface area contributed by atoms with Crippen molar-refractivity contribution >= 4 is 0 Å². The molecule has 3 heteroatoms. The Balaban J connectivity index is 2.90. The van der Waals surface area contributed by atoms with Crippen LogP contribution in [0.1, 0.15) is 18.6 Å². The molecule has 16 heavy (non-hydrogen) atoms. The molecule has 0 spiro atoms. The number of nitrogens with zero attached hydrogens (tertiary/aromatic N) is 1. The predicted molar refractivity (Wildman–Crippen MR) is 65.9 cm³/mol. The molecule has 1 aromatic rings. The van der Waals surface area contributed by atoms with Gasteiger partial charge in [0.15, 0.2) is 0 Å². The summed E-state index contributed by atoms with van der Waals surface area (Å²) in [6.07, 6.45) is 0.0659. The van der Waals surface area contributed by atoms with Crippen LogP contribution in [0.2, 0.25) is 0 Å². The van der Waals surface area contributed by atoms with E-state index in [4.69, 9.17) is 9.47 Å². The van der Waals surface area contributed by atoms with Crippen LogP contribution in [-0.4, -0.2) is 39.3 Å². The van der Waals surface area contributed by atoms with Gasteiger partial charge in [-0.2, -0.15) is 0 Å². The van der Waals surface area contributed by atoms with Crippen molar-refractivity contribution in [2.75, 3.05) is 34.4 Å². The average molecular weight is 223 g/mol. The van der Waals surface area contributed by atoms with E-state index in [2.05, 4.69) is 11.0 Å². The first-order valence-corrected chi connectivity index (χ1v) is 5.58.